The Morgan fingerprint density at radius 3 is 1.64 bits per heavy atom. The number of piperidine rings is 2. The quantitative estimate of drug-likeness (QED) is 0.0240. The molecule has 16 heteroatoms. The lowest BCUT2D eigenvalue weighted by Crippen LogP contribution is -2.52. The number of carbonyl (C=O) groups excluding carboxylic acids is 1. The van der Waals surface area contributed by atoms with Crippen molar-refractivity contribution in [2.45, 2.75) is 115 Å². The van der Waals surface area contributed by atoms with Gasteiger partial charge in [0.2, 0.25) is 11.9 Å². The number of guanidine groups is 2. The van der Waals surface area contributed by atoms with Gasteiger partial charge < -0.3 is 29.7 Å². The molecule has 75 heavy (non-hydrogen) atoms. The van der Waals surface area contributed by atoms with Crippen LogP contribution in [0.25, 0.3) is 20.4 Å². The number of benzene rings is 4. The Balaban J connectivity index is 0.798. The Kier molecular flexibility index (Phi) is 20.1. The van der Waals surface area contributed by atoms with Crippen molar-refractivity contribution < 1.29 is 19.0 Å². The molecule has 2 aliphatic rings. The highest BCUT2D eigenvalue weighted by molar-refractivity contribution is 7.19. The Bertz CT molecular complexity index is 2930. The van der Waals surface area contributed by atoms with E-state index in [4.69, 9.17) is 29.9 Å². The number of fused-ring (bicyclic) bond motifs is 2. The number of hydrogen-bond acceptors (Lipinski definition) is 12. The number of amides is 1. The first-order chi connectivity index (χ1) is 36.4. The molecule has 1 amide bonds. The number of carbonyl (C=O) groups is 1. The van der Waals surface area contributed by atoms with Gasteiger partial charge in [0.15, 0.2) is 0 Å². The van der Waals surface area contributed by atoms with Gasteiger partial charge in [0, 0.05) is 63.2 Å². The van der Waals surface area contributed by atoms with Gasteiger partial charge in [-0.2, -0.15) is 0 Å². The molecule has 14 nitrogen and oxygen atoms in total. The van der Waals surface area contributed by atoms with E-state index in [1.54, 1.807) is 43.4 Å². The normalized spacial score (nSPS) is 16.2. The molecule has 4 heterocycles. The van der Waals surface area contributed by atoms with Crippen molar-refractivity contribution in [1.82, 2.24) is 35.9 Å². The first-order valence-corrected chi connectivity index (χ1v) is 28.0. The zero-order valence-electron chi connectivity index (χ0n) is 44.1. The molecular weight excluding hydrogens is 977 g/mol. The molecule has 8 rings (SSSR count). The number of nitrogens with one attached hydrogen (secondary N) is 3. The molecule has 0 spiro atoms. The van der Waals surface area contributed by atoms with Crippen molar-refractivity contribution in [3.8, 4) is 23.7 Å². The third-order valence-electron chi connectivity index (χ3n) is 12.8. The summed E-state index contributed by atoms with van der Waals surface area (Å²) in [6.07, 6.45) is 7.80. The topological polar surface area (TPSA) is 164 Å². The molecule has 6 aromatic rings. The number of hydrogen-bond donors (Lipinski definition) is 4. The molecule has 2 unspecified atom stereocenters. The second-order valence-corrected chi connectivity index (χ2v) is 22.3. The highest BCUT2D eigenvalue weighted by Crippen LogP contribution is 2.37. The summed E-state index contributed by atoms with van der Waals surface area (Å²) in [5.41, 5.74) is 17.3. The van der Waals surface area contributed by atoms with Crippen LogP contribution in [0.5, 0.6) is 0 Å². The molecule has 394 valence electrons. The van der Waals surface area contributed by atoms with Gasteiger partial charge in [-0.1, -0.05) is 72.2 Å². The van der Waals surface area contributed by atoms with Crippen LogP contribution in [0.2, 0.25) is 0 Å². The van der Waals surface area contributed by atoms with Crippen molar-refractivity contribution in [2.75, 3.05) is 53.4 Å². The highest BCUT2D eigenvalue weighted by atomic mass is 32.1. The van der Waals surface area contributed by atoms with E-state index in [0.717, 1.165) is 130 Å². The molecule has 0 bridgehead atoms. The smallest absolute Gasteiger partial charge is 0.414 e. The van der Waals surface area contributed by atoms with E-state index in [2.05, 4.69) is 147 Å². The number of nitrogens with two attached hydrogens (primary N) is 1. The lowest BCUT2D eigenvalue weighted by molar-refractivity contribution is -0.0235. The number of hydrazine groups is 1. The summed E-state index contributed by atoms with van der Waals surface area (Å²) in [4.78, 5) is 36.5. The Labute approximate surface area is 450 Å². The van der Waals surface area contributed by atoms with Gasteiger partial charge >= 0.3 is 6.09 Å². The van der Waals surface area contributed by atoms with Gasteiger partial charge in [0.1, 0.15) is 27.8 Å². The van der Waals surface area contributed by atoms with E-state index in [0.29, 0.717) is 25.9 Å². The number of aliphatic imine (C=N–C) groups is 2. The fraction of sp³-hybridized carbons (Fsp3) is 0.441. The minimum absolute atomic E-state index is 0.167. The number of alkyl carbamates (subject to hydrolysis) is 1. The van der Waals surface area contributed by atoms with Crippen molar-refractivity contribution in [3.05, 3.63) is 129 Å². The number of likely N-dealkylation sites (tertiary alicyclic amines) is 2. The van der Waals surface area contributed by atoms with Crippen LogP contribution < -0.4 is 21.9 Å². The number of unbranched alkanes of at least 4 members (excludes halogenated alkanes) is 4. The summed E-state index contributed by atoms with van der Waals surface area (Å²) in [5, 5.41) is 4.63. The lowest BCUT2D eigenvalue weighted by Gasteiger charge is -2.31. The molecule has 0 saturated carbocycles. The fourth-order valence-electron chi connectivity index (χ4n) is 8.79. The van der Waals surface area contributed by atoms with E-state index >= 15 is 0 Å². The number of thiazole rings is 2. The first-order valence-electron chi connectivity index (χ1n) is 26.3. The summed E-state index contributed by atoms with van der Waals surface area (Å²) in [7, 11) is 4.33. The van der Waals surface area contributed by atoms with E-state index < -0.39 is 11.7 Å². The Hall–Kier alpha value is -6.37. The summed E-state index contributed by atoms with van der Waals surface area (Å²) in [6.45, 7) is 10.5. The lowest BCUT2D eigenvalue weighted by atomic mass is 10.0. The third-order valence-corrected chi connectivity index (χ3v) is 15.0. The van der Waals surface area contributed by atoms with Gasteiger partial charge in [-0.15, -0.1) is 22.7 Å². The number of ether oxygens (including phenoxy) is 3. The van der Waals surface area contributed by atoms with Crippen molar-refractivity contribution in [3.63, 3.8) is 0 Å². The maximum absolute atomic E-state index is 12.7. The minimum atomic E-state index is -0.687. The zero-order valence-corrected chi connectivity index (χ0v) is 45.7. The summed E-state index contributed by atoms with van der Waals surface area (Å²) in [6, 6.07) is 33.2. The molecular formula is C59H72N10O4S2. The largest absolute Gasteiger partial charge is 0.444 e. The number of rotatable bonds is 16. The average Bonchev–Trinajstić information content (AvgIpc) is 4.04. The molecule has 2 saturated heterocycles. The predicted molar refractivity (Wildman–Crippen MR) is 305 cm³/mol. The Morgan fingerprint density at radius 2 is 1.16 bits per heavy atom. The molecule has 0 radical (unpaired) electrons. The second kappa shape index (κ2) is 27.4. The van der Waals surface area contributed by atoms with Crippen LogP contribution in [-0.2, 0) is 14.2 Å². The molecule has 2 fully saturated rings. The van der Waals surface area contributed by atoms with Gasteiger partial charge in [-0.25, -0.2) is 14.8 Å². The van der Waals surface area contributed by atoms with E-state index in [1.807, 2.05) is 24.3 Å². The molecule has 2 aromatic heterocycles. The number of para-hydroxylation sites is 2. The third kappa shape index (κ3) is 17.3. The maximum atomic E-state index is 12.7. The number of aromatic nitrogens is 2. The van der Waals surface area contributed by atoms with Gasteiger partial charge in [0.05, 0.1) is 32.6 Å². The van der Waals surface area contributed by atoms with Crippen molar-refractivity contribution >= 4 is 61.1 Å². The molecule has 5 N–H and O–H groups in total. The SMILES string of the molecule is CN1CCC(OC(c2cccc(C#CCCCCN=C(N)NNC(=NCCCCC#Cc3cccc(C(OC4CCN(C)CC4)c4nc5ccccc5s4)c3)NC(=O)OC(C)(C)C)c2)c2nc3ccccc3s2)CC1. The van der Waals surface area contributed by atoms with Crippen molar-refractivity contribution in [1.29, 1.82) is 0 Å². The summed E-state index contributed by atoms with van der Waals surface area (Å²) < 4.78 is 21.5. The average molecular weight is 1050 g/mol. The van der Waals surface area contributed by atoms with Crippen molar-refractivity contribution in [2.24, 2.45) is 15.7 Å². The van der Waals surface area contributed by atoms with E-state index in [-0.39, 0.29) is 36.3 Å². The van der Waals surface area contributed by atoms with E-state index in [9.17, 15) is 4.79 Å². The second-order valence-electron chi connectivity index (χ2n) is 20.2. The van der Waals surface area contributed by atoms with Gasteiger partial charge in [-0.05, 0) is 146 Å². The summed E-state index contributed by atoms with van der Waals surface area (Å²) >= 11 is 3.39. The highest BCUT2D eigenvalue weighted by Gasteiger charge is 2.28. The van der Waals surface area contributed by atoms with Crippen LogP contribution in [0, 0.1) is 23.7 Å². The molecule has 2 aliphatic heterocycles. The Morgan fingerprint density at radius 1 is 0.680 bits per heavy atom. The van der Waals surface area contributed by atoms with Crippen LogP contribution in [0.1, 0.15) is 129 Å². The van der Waals surface area contributed by atoms with Crippen LogP contribution >= 0.6 is 22.7 Å². The van der Waals surface area contributed by atoms with Crippen LogP contribution in [0.15, 0.2) is 107 Å². The fourth-order valence-corrected chi connectivity index (χ4v) is 10.9. The maximum Gasteiger partial charge on any atom is 0.414 e. The van der Waals surface area contributed by atoms with Gasteiger partial charge in [-0.3, -0.25) is 26.2 Å². The van der Waals surface area contributed by atoms with Gasteiger partial charge in [0.25, 0.3) is 0 Å². The van der Waals surface area contributed by atoms with E-state index in [1.165, 1.54) is 0 Å². The minimum Gasteiger partial charge on any atom is -0.444 e. The molecule has 4 aromatic carbocycles. The standard InChI is InChI=1S/C59H72N10O4S2/c1-59(2,3)73-58(70)65-57(62-35-17-9-7-11-21-43-23-19-25-45(41-43)53(72-47-32-38-69(5)39-33-47)55-64-49-27-13-15-29-51(49)75-55)67-66-56(60)61-34-16-8-6-10-20-42-22-18-24-44(40-42)52(71-46-30-36-68(4)37-31-46)54-63-48-26-12-14-28-50(48)74-54/h12-15,18-19,22-29,40-41,46-47,52-53H,6-9,16-17,30-39H2,1-5H3,(H3,60,61,66)(H2,62,65,67,70). The first kappa shape index (κ1) is 54.9. The molecule has 2 atom stereocenters. The predicted octanol–water partition coefficient (Wildman–Crippen LogP) is 10.3. The molecule has 0 aliphatic carbocycles. The van der Waals surface area contributed by atoms with Crippen LogP contribution in [0.3, 0.4) is 0 Å². The van der Waals surface area contributed by atoms with Crippen LogP contribution in [-0.4, -0.2) is 109 Å². The summed E-state index contributed by atoms with van der Waals surface area (Å²) in [5.74, 6) is 13.8. The monoisotopic (exact) mass is 1050 g/mol. The zero-order chi connectivity index (χ0) is 52.4. The number of nitrogens with zero attached hydrogens (tertiary/aromatic N) is 6. The van der Waals surface area contributed by atoms with Crippen LogP contribution in [0.4, 0.5) is 4.79 Å².